The molecule has 0 fully saturated rings. The SMILES string of the molecule is CCCCC1=Nc2ccccc2CC2c3ccccc3CCN12. The molecule has 0 saturated heterocycles. The number of hydrogen-bond acceptors (Lipinski definition) is 2. The molecule has 0 bridgehead atoms. The van der Waals surface area contributed by atoms with E-state index in [9.17, 15) is 0 Å². The van der Waals surface area contributed by atoms with Crippen molar-refractivity contribution < 1.29 is 0 Å². The summed E-state index contributed by atoms with van der Waals surface area (Å²) in [6.07, 6.45) is 5.71. The maximum Gasteiger partial charge on any atom is 0.105 e. The average Bonchev–Trinajstić information content (AvgIpc) is 2.76. The zero-order valence-electron chi connectivity index (χ0n) is 13.8. The largest absolute Gasteiger partial charge is 0.352 e. The van der Waals surface area contributed by atoms with E-state index in [0.29, 0.717) is 6.04 Å². The summed E-state index contributed by atoms with van der Waals surface area (Å²) in [4.78, 5) is 7.66. The second-order valence-corrected chi connectivity index (χ2v) is 6.62. The minimum Gasteiger partial charge on any atom is -0.352 e. The first kappa shape index (κ1) is 14.5. The molecule has 0 N–H and O–H groups in total. The van der Waals surface area contributed by atoms with Crippen LogP contribution >= 0.6 is 0 Å². The van der Waals surface area contributed by atoms with Crippen LogP contribution in [-0.4, -0.2) is 17.3 Å². The third-order valence-corrected chi connectivity index (χ3v) is 5.15. The van der Waals surface area contributed by atoms with Gasteiger partial charge in [0.15, 0.2) is 0 Å². The lowest BCUT2D eigenvalue weighted by atomic mass is 9.88. The molecule has 2 aromatic carbocycles. The van der Waals surface area contributed by atoms with Crippen molar-refractivity contribution >= 4 is 11.5 Å². The number of amidine groups is 1. The fourth-order valence-corrected chi connectivity index (χ4v) is 3.92. The van der Waals surface area contributed by atoms with Gasteiger partial charge in [0.2, 0.25) is 0 Å². The van der Waals surface area contributed by atoms with Gasteiger partial charge in [0.1, 0.15) is 5.84 Å². The molecule has 2 heteroatoms. The molecule has 4 rings (SSSR count). The van der Waals surface area contributed by atoms with Gasteiger partial charge in [-0.3, -0.25) is 0 Å². The lowest BCUT2D eigenvalue weighted by Crippen LogP contribution is -2.40. The van der Waals surface area contributed by atoms with E-state index in [2.05, 4.69) is 60.4 Å². The van der Waals surface area contributed by atoms with Crippen LogP contribution in [0.3, 0.4) is 0 Å². The first-order valence-corrected chi connectivity index (χ1v) is 8.86. The highest BCUT2D eigenvalue weighted by atomic mass is 15.2. The van der Waals surface area contributed by atoms with Gasteiger partial charge in [-0.05, 0) is 42.0 Å². The van der Waals surface area contributed by atoms with Gasteiger partial charge >= 0.3 is 0 Å². The van der Waals surface area contributed by atoms with E-state index in [-0.39, 0.29) is 0 Å². The van der Waals surface area contributed by atoms with Crippen molar-refractivity contribution in [3.63, 3.8) is 0 Å². The molecule has 0 aliphatic carbocycles. The quantitative estimate of drug-likeness (QED) is 0.773. The molecule has 2 aromatic rings. The maximum absolute atomic E-state index is 5.08. The molecule has 0 saturated carbocycles. The molecule has 1 unspecified atom stereocenters. The van der Waals surface area contributed by atoms with Crippen LogP contribution in [0.2, 0.25) is 0 Å². The number of fused-ring (bicyclic) bond motifs is 4. The predicted octanol–water partition coefficient (Wildman–Crippen LogP) is 5.06. The van der Waals surface area contributed by atoms with Crippen molar-refractivity contribution in [1.29, 1.82) is 0 Å². The number of benzene rings is 2. The van der Waals surface area contributed by atoms with Crippen LogP contribution in [0.4, 0.5) is 5.69 Å². The first-order chi connectivity index (χ1) is 11.4. The zero-order chi connectivity index (χ0) is 15.6. The van der Waals surface area contributed by atoms with Crippen molar-refractivity contribution in [3.8, 4) is 0 Å². The molecule has 0 amide bonds. The lowest BCUT2D eigenvalue weighted by molar-refractivity contribution is 0.293. The summed E-state index contributed by atoms with van der Waals surface area (Å²) in [5.41, 5.74) is 5.57. The van der Waals surface area contributed by atoms with Gasteiger partial charge in [-0.25, -0.2) is 4.99 Å². The molecule has 0 spiro atoms. The zero-order valence-corrected chi connectivity index (χ0v) is 13.8. The fourth-order valence-electron chi connectivity index (χ4n) is 3.92. The Labute approximate surface area is 138 Å². The van der Waals surface area contributed by atoms with Gasteiger partial charge in [0.05, 0.1) is 11.7 Å². The topological polar surface area (TPSA) is 15.6 Å². The summed E-state index contributed by atoms with van der Waals surface area (Å²) in [6, 6.07) is 18.1. The van der Waals surface area contributed by atoms with Crippen molar-refractivity contribution in [2.75, 3.05) is 6.54 Å². The fraction of sp³-hybridized carbons (Fsp3) is 0.381. The van der Waals surface area contributed by atoms with Gasteiger partial charge in [0.25, 0.3) is 0 Å². The standard InChI is InChI=1S/C21H24N2/c1-2-3-12-21-22-19-11-7-5-9-17(19)15-20-18-10-6-4-8-16(18)13-14-23(20)21/h4-11,20H,2-3,12-15H2,1H3. The Kier molecular flexibility index (Phi) is 3.90. The van der Waals surface area contributed by atoms with Gasteiger partial charge < -0.3 is 4.90 Å². The molecule has 2 aliphatic rings. The van der Waals surface area contributed by atoms with Gasteiger partial charge in [-0.1, -0.05) is 55.8 Å². The Balaban J connectivity index is 1.80. The van der Waals surface area contributed by atoms with Crippen molar-refractivity contribution in [2.45, 2.75) is 45.1 Å². The van der Waals surface area contributed by atoms with Crippen molar-refractivity contribution in [1.82, 2.24) is 4.90 Å². The predicted molar refractivity (Wildman–Crippen MR) is 96.4 cm³/mol. The Hall–Kier alpha value is -2.09. The Morgan fingerprint density at radius 1 is 1.04 bits per heavy atom. The maximum atomic E-state index is 5.08. The second kappa shape index (κ2) is 6.19. The van der Waals surface area contributed by atoms with Crippen LogP contribution in [0.15, 0.2) is 53.5 Å². The summed E-state index contributed by atoms with van der Waals surface area (Å²) in [7, 11) is 0. The van der Waals surface area contributed by atoms with Crippen LogP contribution in [0.1, 0.15) is 48.9 Å². The number of para-hydroxylation sites is 1. The van der Waals surface area contributed by atoms with Crippen LogP contribution < -0.4 is 0 Å². The number of unbranched alkanes of at least 4 members (excludes halogenated alkanes) is 1. The molecule has 1 atom stereocenters. The first-order valence-electron chi connectivity index (χ1n) is 8.86. The normalized spacial score (nSPS) is 19.3. The van der Waals surface area contributed by atoms with E-state index >= 15 is 0 Å². The van der Waals surface area contributed by atoms with Gasteiger partial charge in [-0.15, -0.1) is 0 Å². The molecule has 23 heavy (non-hydrogen) atoms. The van der Waals surface area contributed by atoms with Gasteiger partial charge in [-0.2, -0.15) is 0 Å². The minimum atomic E-state index is 0.444. The van der Waals surface area contributed by atoms with E-state index in [4.69, 9.17) is 4.99 Å². The highest BCUT2D eigenvalue weighted by Gasteiger charge is 2.31. The van der Waals surface area contributed by atoms with E-state index in [1.807, 2.05) is 0 Å². The second-order valence-electron chi connectivity index (χ2n) is 6.62. The third-order valence-electron chi connectivity index (χ3n) is 5.15. The van der Waals surface area contributed by atoms with E-state index in [0.717, 1.165) is 25.8 Å². The van der Waals surface area contributed by atoms with Gasteiger partial charge in [0, 0.05) is 13.0 Å². The van der Waals surface area contributed by atoms with Crippen LogP contribution in [-0.2, 0) is 12.8 Å². The molecule has 2 nitrogen and oxygen atoms in total. The average molecular weight is 304 g/mol. The van der Waals surface area contributed by atoms with Crippen molar-refractivity contribution in [2.24, 2.45) is 4.99 Å². The summed E-state index contributed by atoms with van der Waals surface area (Å²) in [5.74, 6) is 1.29. The molecule has 2 heterocycles. The summed E-state index contributed by atoms with van der Waals surface area (Å²) >= 11 is 0. The van der Waals surface area contributed by atoms with E-state index < -0.39 is 0 Å². The molecule has 0 aromatic heterocycles. The van der Waals surface area contributed by atoms with Crippen LogP contribution in [0.5, 0.6) is 0 Å². The smallest absolute Gasteiger partial charge is 0.105 e. The number of rotatable bonds is 3. The molecule has 2 aliphatic heterocycles. The highest BCUT2D eigenvalue weighted by Crippen LogP contribution is 2.38. The minimum absolute atomic E-state index is 0.444. The molecular weight excluding hydrogens is 280 g/mol. The third kappa shape index (κ3) is 2.67. The van der Waals surface area contributed by atoms with Crippen LogP contribution in [0, 0.1) is 0 Å². The monoisotopic (exact) mass is 304 g/mol. The summed E-state index contributed by atoms with van der Waals surface area (Å²) in [5, 5.41) is 0. The molecular formula is C21H24N2. The Morgan fingerprint density at radius 2 is 1.83 bits per heavy atom. The number of aliphatic imine (C=N–C) groups is 1. The highest BCUT2D eigenvalue weighted by molar-refractivity contribution is 5.87. The molecule has 0 radical (unpaired) electrons. The number of nitrogens with zero attached hydrogens (tertiary/aromatic N) is 2. The Bertz CT molecular complexity index is 732. The number of hydrogen-bond donors (Lipinski definition) is 0. The van der Waals surface area contributed by atoms with E-state index in [1.165, 1.54) is 41.1 Å². The lowest BCUT2D eigenvalue weighted by Gasteiger charge is -2.38. The van der Waals surface area contributed by atoms with E-state index in [1.54, 1.807) is 0 Å². The van der Waals surface area contributed by atoms with Crippen LogP contribution in [0.25, 0.3) is 0 Å². The summed E-state index contributed by atoms with van der Waals surface area (Å²) < 4.78 is 0. The summed E-state index contributed by atoms with van der Waals surface area (Å²) in [6.45, 7) is 3.35. The Morgan fingerprint density at radius 3 is 2.70 bits per heavy atom. The van der Waals surface area contributed by atoms with Crippen molar-refractivity contribution in [3.05, 3.63) is 65.2 Å². The molecule has 118 valence electrons.